The number of nitrogens with one attached hydrogen (secondary N) is 1. The van der Waals surface area contributed by atoms with Crippen LogP contribution in [0.25, 0.3) is 6.08 Å². The number of amides is 2. The number of carbonyl (C=O) groups excluding carboxylic acids is 3. The van der Waals surface area contributed by atoms with E-state index in [-0.39, 0.29) is 30.9 Å². The molecule has 0 unspecified atom stereocenters. The first-order valence-electron chi connectivity index (χ1n) is 10.6. The van der Waals surface area contributed by atoms with E-state index in [1.54, 1.807) is 6.20 Å². The van der Waals surface area contributed by atoms with Gasteiger partial charge in [0.15, 0.2) is 6.61 Å². The van der Waals surface area contributed by atoms with Crippen LogP contribution < -0.4 is 5.32 Å². The van der Waals surface area contributed by atoms with Gasteiger partial charge < -0.3 is 15.0 Å². The molecule has 6 heteroatoms. The van der Waals surface area contributed by atoms with Gasteiger partial charge in [-0.3, -0.25) is 14.4 Å². The second-order valence-corrected chi connectivity index (χ2v) is 7.96. The number of fused-ring (bicyclic) bond motifs is 2. The summed E-state index contributed by atoms with van der Waals surface area (Å²) in [5.41, 5.74) is 4.24. The van der Waals surface area contributed by atoms with E-state index in [4.69, 9.17) is 4.74 Å². The number of nitrogens with zero attached hydrogens (tertiary/aromatic N) is 1. The highest BCUT2D eigenvalue weighted by Crippen LogP contribution is 2.33. The Kier molecular flexibility index (Phi) is 6.16. The predicted octanol–water partition coefficient (Wildman–Crippen LogP) is 3.69. The number of aryl methyl sites for hydroxylation is 1. The van der Waals surface area contributed by atoms with E-state index in [1.807, 2.05) is 48.5 Å². The molecule has 0 saturated heterocycles. The molecule has 2 aromatic rings. The molecule has 1 aliphatic heterocycles. The molecule has 1 aliphatic carbocycles. The van der Waals surface area contributed by atoms with Gasteiger partial charge in [0.05, 0.1) is 18.5 Å². The minimum absolute atomic E-state index is 0.0134. The summed E-state index contributed by atoms with van der Waals surface area (Å²) in [7, 11) is 0. The molecule has 2 aromatic carbocycles. The quantitative estimate of drug-likeness (QED) is 0.752. The standard InChI is InChI=1S/C25H26N2O4/c1-17(28)27-14-13-19-8-3-5-11-21(19)23(27)15-25(30)31-16-24(29)26-22-12-6-9-18-7-2-4-10-20(18)22/h2-5,7-8,10-11,13-14,22-23H,6,9,12,15-16H2,1H3,(H,26,29)/t22-,23-/m0/s1. The molecule has 0 bridgehead atoms. The highest BCUT2D eigenvalue weighted by molar-refractivity contribution is 5.82. The minimum atomic E-state index is -0.513. The van der Waals surface area contributed by atoms with Gasteiger partial charge >= 0.3 is 5.97 Å². The topological polar surface area (TPSA) is 75.7 Å². The molecular weight excluding hydrogens is 392 g/mol. The molecule has 0 saturated carbocycles. The third-order valence-electron chi connectivity index (χ3n) is 5.90. The van der Waals surface area contributed by atoms with Gasteiger partial charge in [0.2, 0.25) is 5.91 Å². The van der Waals surface area contributed by atoms with E-state index in [0.29, 0.717) is 0 Å². The molecule has 1 heterocycles. The fourth-order valence-corrected chi connectivity index (χ4v) is 4.42. The zero-order chi connectivity index (χ0) is 21.8. The van der Waals surface area contributed by atoms with Crippen molar-refractivity contribution in [3.63, 3.8) is 0 Å². The Morgan fingerprint density at radius 1 is 1.06 bits per heavy atom. The van der Waals surface area contributed by atoms with Gasteiger partial charge in [-0.25, -0.2) is 0 Å². The van der Waals surface area contributed by atoms with E-state index < -0.39 is 12.0 Å². The van der Waals surface area contributed by atoms with E-state index in [9.17, 15) is 14.4 Å². The van der Waals surface area contributed by atoms with Crippen LogP contribution in [0.3, 0.4) is 0 Å². The van der Waals surface area contributed by atoms with Crippen molar-refractivity contribution in [2.45, 2.75) is 44.7 Å². The Bertz CT molecular complexity index is 1030. The van der Waals surface area contributed by atoms with Crippen LogP contribution in [0.15, 0.2) is 54.7 Å². The van der Waals surface area contributed by atoms with Crippen molar-refractivity contribution >= 4 is 23.9 Å². The summed E-state index contributed by atoms with van der Waals surface area (Å²) >= 11 is 0. The third kappa shape index (κ3) is 4.68. The molecule has 2 aliphatic rings. The summed E-state index contributed by atoms with van der Waals surface area (Å²) < 4.78 is 5.27. The normalized spacial score (nSPS) is 19.2. The molecule has 0 aromatic heterocycles. The monoisotopic (exact) mass is 418 g/mol. The Hall–Kier alpha value is -3.41. The van der Waals surface area contributed by atoms with Crippen molar-refractivity contribution in [1.82, 2.24) is 10.2 Å². The van der Waals surface area contributed by atoms with Crippen molar-refractivity contribution in [3.05, 3.63) is 77.0 Å². The lowest BCUT2D eigenvalue weighted by atomic mass is 9.88. The van der Waals surface area contributed by atoms with Crippen molar-refractivity contribution in [2.75, 3.05) is 6.61 Å². The molecule has 0 spiro atoms. The van der Waals surface area contributed by atoms with Crippen LogP contribution in [0, 0.1) is 0 Å². The van der Waals surface area contributed by atoms with Crippen LogP contribution in [0.4, 0.5) is 0 Å². The maximum atomic E-state index is 12.5. The number of ether oxygens (including phenoxy) is 1. The van der Waals surface area contributed by atoms with E-state index in [2.05, 4.69) is 11.4 Å². The lowest BCUT2D eigenvalue weighted by Gasteiger charge is -2.32. The summed E-state index contributed by atoms with van der Waals surface area (Å²) in [6.45, 7) is 1.13. The first kappa shape index (κ1) is 20.8. The summed E-state index contributed by atoms with van der Waals surface area (Å²) in [4.78, 5) is 38.5. The van der Waals surface area contributed by atoms with E-state index in [0.717, 1.165) is 36.0 Å². The molecule has 0 fully saturated rings. The maximum Gasteiger partial charge on any atom is 0.308 e. The minimum Gasteiger partial charge on any atom is -0.456 e. The maximum absolute atomic E-state index is 12.5. The molecule has 0 radical (unpaired) electrons. The second-order valence-electron chi connectivity index (χ2n) is 7.96. The Labute approximate surface area is 181 Å². The largest absolute Gasteiger partial charge is 0.456 e. The van der Waals surface area contributed by atoms with Gasteiger partial charge in [0, 0.05) is 13.1 Å². The summed E-state index contributed by atoms with van der Waals surface area (Å²) in [5.74, 6) is -0.986. The molecule has 2 atom stereocenters. The molecule has 6 nitrogen and oxygen atoms in total. The number of rotatable bonds is 5. The lowest BCUT2D eigenvalue weighted by molar-refractivity contribution is -0.150. The number of esters is 1. The van der Waals surface area contributed by atoms with E-state index in [1.165, 1.54) is 17.4 Å². The average molecular weight is 418 g/mol. The second kappa shape index (κ2) is 9.16. The number of carbonyl (C=O) groups is 3. The van der Waals surface area contributed by atoms with Gasteiger partial charge in [-0.05, 0) is 47.6 Å². The highest BCUT2D eigenvalue weighted by Gasteiger charge is 2.29. The Morgan fingerprint density at radius 3 is 2.61 bits per heavy atom. The molecule has 4 rings (SSSR count). The van der Waals surface area contributed by atoms with Gasteiger partial charge in [0.1, 0.15) is 0 Å². The highest BCUT2D eigenvalue weighted by atomic mass is 16.5. The average Bonchev–Trinajstić information content (AvgIpc) is 2.78. The molecule has 2 amide bonds. The zero-order valence-electron chi connectivity index (χ0n) is 17.5. The van der Waals surface area contributed by atoms with Crippen LogP contribution >= 0.6 is 0 Å². The van der Waals surface area contributed by atoms with Crippen LogP contribution in [0.2, 0.25) is 0 Å². The Morgan fingerprint density at radius 2 is 1.81 bits per heavy atom. The van der Waals surface area contributed by atoms with Gasteiger partial charge in [-0.1, -0.05) is 48.5 Å². The van der Waals surface area contributed by atoms with Gasteiger partial charge in [-0.15, -0.1) is 0 Å². The van der Waals surface area contributed by atoms with Crippen LogP contribution in [0.1, 0.15) is 60.5 Å². The summed E-state index contributed by atoms with van der Waals surface area (Å²) in [5, 5.41) is 2.98. The van der Waals surface area contributed by atoms with Gasteiger partial charge in [-0.2, -0.15) is 0 Å². The van der Waals surface area contributed by atoms with Crippen LogP contribution in [-0.2, 0) is 25.5 Å². The van der Waals surface area contributed by atoms with Gasteiger partial charge in [0.25, 0.3) is 5.91 Å². The number of benzene rings is 2. The molecular formula is C25H26N2O4. The molecule has 1 N–H and O–H groups in total. The van der Waals surface area contributed by atoms with Crippen molar-refractivity contribution in [2.24, 2.45) is 0 Å². The first-order valence-corrected chi connectivity index (χ1v) is 10.6. The number of hydrogen-bond acceptors (Lipinski definition) is 4. The van der Waals surface area contributed by atoms with Crippen molar-refractivity contribution < 1.29 is 19.1 Å². The molecule has 31 heavy (non-hydrogen) atoms. The molecule has 160 valence electrons. The third-order valence-corrected chi connectivity index (χ3v) is 5.90. The fraction of sp³-hybridized carbons (Fsp3) is 0.320. The lowest BCUT2D eigenvalue weighted by Crippen LogP contribution is -2.35. The van der Waals surface area contributed by atoms with Crippen LogP contribution in [-0.4, -0.2) is 29.3 Å². The Balaban J connectivity index is 1.35. The number of hydrogen-bond donors (Lipinski definition) is 1. The van der Waals surface area contributed by atoms with Crippen molar-refractivity contribution in [1.29, 1.82) is 0 Å². The van der Waals surface area contributed by atoms with E-state index >= 15 is 0 Å². The summed E-state index contributed by atoms with van der Waals surface area (Å²) in [6.07, 6.45) is 6.43. The van der Waals surface area contributed by atoms with Crippen LogP contribution in [0.5, 0.6) is 0 Å². The summed E-state index contributed by atoms with van der Waals surface area (Å²) in [6, 6.07) is 15.2. The SMILES string of the molecule is CC(=O)N1C=Cc2ccccc2[C@@H]1CC(=O)OCC(=O)N[C@H]1CCCc2ccccc21. The smallest absolute Gasteiger partial charge is 0.308 e. The van der Waals surface area contributed by atoms with Crippen molar-refractivity contribution in [3.8, 4) is 0 Å². The zero-order valence-corrected chi connectivity index (χ0v) is 17.5. The predicted molar refractivity (Wildman–Crippen MR) is 117 cm³/mol. The fourth-order valence-electron chi connectivity index (χ4n) is 4.42. The first-order chi connectivity index (χ1) is 15.0.